The van der Waals surface area contributed by atoms with Crippen molar-refractivity contribution >= 4 is 0 Å². The molecule has 0 saturated heterocycles. The highest BCUT2D eigenvalue weighted by Gasteiger charge is 2.29. The molecule has 1 aliphatic carbocycles. The van der Waals surface area contributed by atoms with Gasteiger partial charge in [-0.3, -0.25) is 0 Å². The van der Waals surface area contributed by atoms with Crippen LogP contribution in [0.1, 0.15) is 46.0 Å². The molecule has 11 heavy (non-hydrogen) atoms. The van der Waals surface area contributed by atoms with Gasteiger partial charge in [-0.2, -0.15) is 0 Å². The lowest BCUT2D eigenvalue weighted by Gasteiger charge is -2.15. The van der Waals surface area contributed by atoms with Crippen LogP contribution in [0.25, 0.3) is 0 Å². The summed E-state index contributed by atoms with van der Waals surface area (Å²) in [6, 6.07) is 0.792. The topological polar surface area (TPSA) is 12.0 Å². The summed E-state index contributed by atoms with van der Waals surface area (Å²) in [5, 5.41) is 3.51. The molecule has 1 N–H and O–H groups in total. The second kappa shape index (κ2) is 4.76. The molecule has 1 unspecified atom stereocenters. The molecule has 0 heterocycles. The Morgan fingerprint density at radius 2 is 2.18 bits per heavy atom. The predicted octanol–water partition coefficient (Wildman–Crippen LogP) is 2.73. The molecule has 0 amide bonds. The minimum atomic E-state index is 0.792. The van der Waals surface area contributed by atoms with Crippen molar-refractivity contribution in [3.8, 4) is 0 Å². The molecule has 1 fully saturated rings. The van der Waals surface area contributed by atoms with Crippen molar-refractivity contribution in [2.75, 3.05) is 0 Å². The van der Waals surface area contributed by atoms with Crippen LogP contribution in [-0.2, 0) is 0 Å². The van der Waals surface area contributed by atoms with Crippen LogP contribution in [0, 0.1) is 12.5 Å². The van der Waals surface area contributed by atoms with E-state index < -0.39 is 0 Å². The molecule has 1 rings (SSSR count). The lowest BCUT2D eigenvalue weighted by Crippen LogP contribution is -2.28. The highest BCUT2D eigenvalue weighted by atomic mass is 14.9. The third-order valence-corrected chi connectivity index (χ3v) is 2.33. The zero-order valence-electron chi connectivity index (χ0n) is 7.77. The molecule has 65 valence electrons. The van der Waals surface area contributed by atoms with Gasteiger partial charge in [-0.05, 0) is 31.6 Å². The average Bonchev–Trinajstić information content (AvgIpc) is 2.80. The maximum atomic E-state index is 3.51. The molecule has 1 nitrogen and oxygen atoms in total. The van der Waals surface area contributed by atoms with E-state index in [4.69, 9.17) is 0 Å². The largest absolute Gasteiger partial charge is 0.309 e. The first-order chi connectivity index (χ1) is 5.38. The molecule has 0 spiro atoms. The summed E-state index contributed by atoms with van der Waals surface area (Å²) in [7, 11) is 0. The minimum Gasteiger partial charge on any atom is -0.309 e. The summed E-state index contributed by atoms with van der Waals surface area (Å²) >= 11 is 0. The fourth-order valence-electron chi connectivity index (χ4n) is 1.53. The fourth-order valence-corrected chi connectivity index (χ4v) is 1.53. The molecule has 0 aromatic rings. The van der Waals surface area contributed by atoms with Gasteiger partial charge in [-0.15, -0.1) is 0 Å². The van der Waals surface area contributed by atoms with E-state index in [1.54, 1.807) is 0 Å². The fraction of sp³-hybridized carbons (Fsp3) is 0.900. The second-order valence-corrected chi connectivity index (χ2v) is 3.51. The Morgan fingerprint density at radius 1 is 1.45 bits per heavy atom. The van der Waals surface area contributed by atoms with Gasteiger partial charge < -0.3 is 5.32 Å². The van der Waals surface area contributed by atoms with Crippen molar-refractivity contribution < 1.29 is 0 Å². The Morgan fingerprint density at radius 3 is 2.64 bits per heavy atom. The SMILES string of the molecule is CC[CH]NC(CCC)C1CC1. The lowest BCUT2D eigenvalue weighted by molar-refractivity contribution is 0.459. The maximum Gasteiger partial charge on any atom is 0.0221 e. The van der Waals surface area contributed by atoms with Crippen LogP contribution in [0.2, 0.25) is 0 Å². The zero-order valence-corrected chi connectivity index (χ0v) is 7.77. The summed E-state index contributed by atoms with van der Waals surface area (Å²) < 4.78 is 0. The normalized spacial score (nSPS) is 20.2. The molecule has 1 atom stereocenters. The molecular formula is C10H20N. The van der Waals surface area contributed by atoms with Crippen molar-refractivity contribution in [2.24, 2.45) is 5.92 Å². The van der Waals surface area contributed by atoms with Gasteiger partial charge in [0.25, 0.3) is 0 Å². The van der Waals surface area contributed by atoms with E-state index in [1.807, 2.05) is 0 Å². The molecule has 0 aromatic heterocycles. The highest BCUT2D eigenvalue weighted by Crippen LogP contribution is 2.34. The Labute approximate surface area is 70.6 Å². The van der Waals surface area contributed by atoms with Crippen LogP contribution in [0.4, 0.5) is 0 Å². The van der Waals surface area contributed by atoms with Gasteiger partial charge >= 0.3 is 0 Å². The molecule has 1 heteroatoms. The Bertz CT molecular complexity index is 97.0. The first-order valence-corrected chi connectivity index (χ1v) is 4.96. The van der Waals surface area contributed by atoms with Gasteiger partial charge in [0.15, 0.2) is 0 Å². The van der Waals surface area contributed by atoms with Gasteiger partial charge in [-0.1, -0.05) is 20.3 Å². The van der Waals surface area contributed by atoms with Crippen LogP contribution in [0.5, 0.6) is 0 Å². The minimum absolute atomic E-state index is 0.792. The number of hydrogen-bond acceptors (Lipinski definition) is 1. The van der Waals surface area contributed by atoms with Crippen molar-refractivity contribution in [3.05, 3.63) is 6.54 Å². The van der Waals surface area contributed by atoms with Gasteiger partial charge in [-0.25, -0.2) is 0 Å². The summed E-state index contributed by atoms with van der Waals surface area (Å²) in [5.41, 5.74) is 0. The summed E-state index contributed by atoms with van der Waals surface area (Å²) in [6.07, 6.45) is 6.71. The van der Waals surface area contributed by atoms with Crippen LogP contribution in [-0.4, -0.2) is 6.04 Å². The second-order valence-electron chi connectivity index (χ2n) is 3.51. The van der Waals surface area contributed by atoms with E-state index in [1.165, 1.54) is 25.7 Å². The van der Waals surface area contributed by atoms with Crippen LogP contribution < -0.4 is 5.32 Å². The van der Waals surface area contributed by atoms with Crippen molar-refractivity contribution in [1.82, 2.24) is 5.32 Å². The Kier molecular flexibility index (Phi) is 3.92. The van der Waals surface area contributed by atoms with E-state index in [2.05, 4.69) is 25.7 Å². The number of rotatable bonds is 6. The lowest BCUT2D eigenvalue weighted by atomic mass is 10.1. The Hall–Kier alpha value is -0.0400. The Balaban J connectivity index is 2.10. The molecule has 0 aliphatic heterocycles. The molecule has 1 radical (unpaired) electrons. The van der Waals surface area contributed by atoms with Crippen molar-refractivity contribution in [3.63, 3.8) is 0 Å². The van der Waals surface area contributed by atoms with Crippen LogP contribution >= 0.6 is 0 Å². The van der Waals surface area contributed by atoms with E-state index in [-0.39, 0.29) is 0 Å². The predicted molar refractivity (Wildman–Crippen MR) is 49.1 cm³/mol. The number of nitrogens with one attached hydrogen (secondary N) is 1. The number of hydrogen-bond donors (Lipinski definition) is 1. The molecule has 0 aromatic carbocycles. The van der Waals surface area contributed by atoms with Gasteiger partial charge in [0, 0.05) is 12.6 Å². The molecule has 1 saturated carbocycles. The van der Waals surface area contributed by atoms with E-state index >= 15 is 0 Å². The highest BCUT2D eigenvalue weighted by molar-refractivity contribution is 4.87. The van der Waals surface area contributed by atoms with Gasteiger partial charge in [0.2, 0.25) is 0 Å². The van der Waals surface area contributed by atoms with E-state index in [9.17, 15) is 0 Å². The first kappa shape index (κ1) is 9.05. The molecular weight excluding hydrogens is 134 g/mol. The van der Waals surface area contributed by atoms with Crippen LogP contribution in [0.3, 0.4) is 0 Å². The monoisotopic (exact) mass is 154 g/mol. The third-order valence-electron chi connectivity index (χ3n) is 2.33. The quantitative estimate of drug-likeness (QED) is 0.620. The zero-order chi connectivity index (χ0) is 8.10. The van der Waals surface area contributed by atoms with E-state index in [0.29, 0.717) is 0 Å². The van der Waals surface area contributed by atoms with Gasteiger partial charge in [0.1, 0.15) is 0 Å². The van der Waals surface area contributed by atoms with Crippen LogP contribution in [0.15, 0.2) is 0 Å². The third kappa shape index (κ3) is 3.24. The molecule has 1 aliphatic rings. The summed E-state index contributed by atoms with van der Waals surface area (Å²) in [6.45, 7) is 6.66. The van der Waals surface area contributed by atoms with Gasteiger partial charge in [0.05, 0.1) is 0 Å². The van der Waals surface area contributed by atoms with Crippen molar-refractivity contribution in [2.45, 2.75) is 52.0 Å². The summed E-state index contributed by atoms with van der Waals surface area (Å²) in [5.74, 6) is 0.998. The first-order valence-electron chi connectivity index (χ1n) is 4.96. The summed E-state index contributed by atoms with van der Waals surface area (Å²) in [4.78, 5) is 0. The average molecular weight is 154 g/mol. The molecule has 0 bridgehead atoms. The van der Waals surface area contributed by atoms with E-state index in [0.717, 1.165) is 18.4 Å². The smallest absolute Gasteiger partial charge is 0.0221 e. The standard InChI is InChI=1S/C10H20N/c1-3-5-10(9-6-7-9)11-8-4-2/h8-11H,3-7H2,1-2H3. The van der Waals surface area contributed by atoms with Crippen molar-refractivity contribution in [1.29, 1.82) is 0 Å². The maximum absolute atomic E-state index is 3.51.